The molecule has 25 heavy (non-hydrogen) atoms. The van der Waals surface area contributed by atoms with Crippen LogP contribution in [0.5, 0.6) is 0 Å². The standard InChI is InChI=1S/C18H20Cl2N2O2S/c1-11(2)16(18(24)22(3)9-12-6-7-25-10-12)21-17(23)14-5-4-13(19)8-15(14)20/h4-8,10-11,16H,9H2,1-3H3,(H,21,23). The molecule has 0 radical (unpaired) electrons. The number of nitrogens with zero attached hydrogens (tertiary/aromatic N) is 1. The minimum absolute atomic E-state index is 0.0625. The predicted molar refractivity (Wildman–Crippen MR) is 103 cm³/mol. The third kappa shape index (κ3) is 5.21. The summed E-state index contributed by atoms with van der Waals surface area (Å²) in [6.07, 6.45) is 0. The van der Waals surface area contributed by atoms with Gasteiger partial charge in [0.05, 0.1) is 10.6 Å². The zero-order valence-electron chi connectivity index (χ0n) is 14.3. The van der Waals surface area contributed by atoms with Gasteiger partial charge in [-0.3, -0.25) is 9.59 Å². The zero-order chi connectivity index (χ0) is 18.6. The lowest BCUT2D eigenvalue weighted by Gasteiger charge is -2.27. The first kappa shape index (κ1) is 19.8. The van der Waals surface area contributed by atoms with Crippen LogP contribution in [0.15, 0.2) is 35.0 Å². The summed E-state index contributed by atoms with van der Waals surface area (Å²) in [7, 11) is 1.73. The van der Waals surface area contributed by atoms with Gasteiger partial charge >= 0.3 is 0 Å². The fourth-order valence-corrected chi connectivity index (χ4v) is 3.53. The van der Waals surface area contributed by atoms with E-state index in [2.05, 4.69) is 5.32 Å². The van der Waals surface area contributed by atoms with Crippen LogP contribution in [0.2, 0.25) is 10.0 Å². The Morgan fingerprint density at radius 1 is 1.24 bits per heavy atom. The van der Waals surface area contributed by atoms with E-state index in [0.717, 1.165) is 5.56 Å². The molecule has 1 heterocycles. The molecule has 0 fully saturated rings. The van der Waals surface area contributed by atoms with Crippen LogP contribution in [0.3, 0.4) is 0 Å². The van der Waals surface area contributed by atoms with Crippen molar-refractivity contribution in [3.05, 3.63) is 56.2 Å². The number of benzene rings is 1. The second kappa shape index (κ2) is 8.70. The highest BCUT2D eigenvalue weighted by Crippen LogP contribution is 2.21. The summed E-state index contributed by atoms with van der Waals surface area (Å²) in [4.78, 5) is 26.9. The van der Waals surface area contributed by atoms with Crippen LogP contribution >= 0.6 is 34.5 Å². The number of nitrogens with one attached hydrogen (secondary N) is 1. The van der Waals surface area contributed by atoms with Crippen molar-refractivity contribution in [3.8, 4) is 0 Å². The normalized spacial score (nSPS) is 12.1. The van der Waals surface area contributed by atoms with Gasteiger partial charge in [0.1, 0.15) is 6.04 Å². The molecule has 0 aliphatic rings. The SMILES string of the molecule is CC(C)C(NC(=O)c1ccc(Cl)cc1Cl)C(=O)N(C)Cc1ccsc1. The number of rotatable bonds is 6. The Labute approximate surface area is 161 Å². The number of halogens is 2. The van der Waals surface area contributed by atoms with Crippen molar-refractivity contribution in [2.75, 3.05) is 7.05 Å². The number of carbonyl (C=O) groups is 2. The third-order valence-electron chi connectivity index (χ3n) is 3.77. The molecule has 7 heteroatoms. The summed E-state index contributed by atoms with van der Waals surface area (Å²) >= 11 is 13.5. The molecule has 1 aromatic heterocycles. The Morgan fingerprint density at radius 3 is 2.52 bits per heavy atom. The maximum Gasteiger partial charge on any atom is 0.253 e. The van der Waals surface area contributed by atoms with Crippen LogP contribution < -0.4 is 5.32 Å². The summed E-state index contributed by atoms with van der Waals surface area (Å²) in [5.74, 6) is -0.593. The van der Waals surface area contributed by atoms with Crippen LogP contribution in [0.25, 0.3) is 0 Å². The fourth-order valence-electron chi connectivity index (χ4n) is 2.38. The maximum absolute atomic E-state index is 12.8. The van der Waals surface area contributed by atoms with Crippen molar-refractivity contribution < 1.29 is 9.59 Å². The molecule has 1 aromatic carbocycles. The lowest BCUT2D eigenvalue weighted by molar-refractivity contribution is -0.133. The average molecular weight is 399 g/mol. The second-order valence-corrected chi connectivity index (χ2v) is 7.77. The van der Waals surface area contributed by atoms with E-state index in [9.17, 15) is 9.59 Å². The van der Waals surface area contributed by atoms with E-state index in [-0.39, 0.29) is 16.8 Å². The van der Waals surface area contributed by atoms with E-state index in [1.807, 2.05) is 30.7 Å². The predicted octanol–water partition coefficient (Wildman–Crippen LogP) is 4.47. The van der Waals surface area contributed by atoms with Gasteiger partial charge in [-0.1, -0.05) is 37.0 Å². The topological polar surface area (TPSA) is 49.4 Å². The third-order valence-corrected chi connectivity index (χ3v) is 5.05. The van der Waals surface area contributed by atoms with Gasteiger partial charge in [-0.05, 0) is 46.5 Å². The van der Waals surface area contributed by atoms with Gasteiger partial charge in [0.2, 0.25) is 5.91 Å². The molecule has 2 aromatic rings. The number of hydrogen-bond acceptors (Lipinski definition) is 3. The van der Waals surface area contributed by atoms with E-state index >= 15 is 0 Å². The van der Waals surface area contributed by atoms with E-state index < -0.39 is 11.9 Å². The molecule has 0 bridgehead atoms. The van der Waals surface area contributed by atoms with Crippen molar-refractivity contribution in [3.63, 3.8) is 0 Å². The molecule has 2 rings (SSSR count). The molecule has 0 saturated carbocycles. The molecule has 0 saturated heterocycles. The van der Waals surface area contributed by atoms with Crippen molar-refractivity contribution in [1.82, 2.24) is 10.2 Å². The summed E-state index contributed by atoms with van der Waals surface area (Å²) in [5, 5.41) is 7.48. The Bertz CT molecular complexity index is 748. The molecular weight excluding hydrogens is 379 g/mol. The van der Waals surface area contributed by atoms with E-state index in [0.29, 0.717) is 17.1 Å². The maximum atomic E-state index is 12.8. The minimum atomic E-state index is -0.636. The largest absolute Gasteiger partial charge is 0.340 e. The van der Waals surface area contributed by atoms with Gasteiger partial charge in [0.25, 0.3) is 5.91 Å². The minimum Gasteiger partial charge on any atom is -0.340 e. The Kier molecular flexibility index (Phi) is 6.87. The molecule has 0 spiro atoms. The highest BCUT2D eigenvalue weighted by molar-refractivity contribution is 7.07. The summed E-state index contributed by atoms with van der Waals surface area (Å²) in [6.45, 7) is 4.29. The first-order chi connectivity index (χ1) is 11.8. The smallest absolute Gasteiger partial charge is 0.253 e. The van der Waals surface area contributed by atoms with E-state index in [1.165, 1.54) is 6.07 Å². The van der Waals surface area contributed by atoms with Gasteiger partial charge in [0, 0.05) is 18.6 Å². The monoisotopic (exact) mass is 398 g/mol. The number of thiophene rings is 1. The molecule has 4 nitrogen and oxygen atoms in total. The van der Waals surface area contributed by atoms with Crippen LogP contribution in [-0.2, 0) is 11.3 Å². The molecule has 0 aliphatic carbocycles. The zero-order valence-corrected chi connectivity index (χ0v) is 16.6. The summed E-state index contributed by atoms with van der Waals surface area (Å²) in [5.41, 5.74) is 1.36. The number of carbonyl (C=O) groups excluding carboxylic acids is 2. The first-order valence-corrected chi connectivity index (χ1v) is 9.51. The van der Waals surface area contributed by atoms with Gasteiger partial charge in [-0.25, -0.2) is 0 Å². The fraction of sp³-hybridized carbons (Fsp3) is 0.333. The molecule has 1 atom stereocenters. The summed E-state index contributed by atoms with van der Waals surface area (Å²) in [6, 6.07) is 5.99. The quantitative estimate of drug-likeness (QED) is 0.779. The highest BCUT2D eigenvalue weighted by Gasteiger charge is 2.28. The van der Waals surface area contributed by atoms with E-state index in [4.69, 9.17) is 23.2 Å². The van der Waals surface area contributed by atoms with E-state index in [1.54, 1.807) is 35.4 Å². The number of amides is 2. The average Bonchev–Trinajstić information content (AvgIpc) is 3.04. The summed E-state index contributed by atoms with van der Waals surface area (Å²) < 4.78 is 0. The van der Waals surface area contributed by atoms with Gasteiger partial charge < -0.3 is 10.2 Å². The van der Waals surface area contributed by atoms with Crippen molar-refractivity contribution in [1.29, 1.82) is 0 Å². The van der Waals surface area contributed by atoms with Crippen LogP contribution in [-0.4, -0.2) is 29.8 Å². The lowest BCUT2D eigenvalue weighted by Crippen LogP contribution is -2.50. The molecule has 1 unspecified atom stereocenters. The van der Waals surface area contributed by atoms with Crippen LogP contribution in [0, 0.1) is 5.92 Å². The van der Waals surface area contributed by atoms with Crippen molar-refractivity contribution >= 4 is 46.4 Å². The van der Waals surface area contributed by atoms with Crippen molar-refractivity contribution in [2.45, 2.75) is 26.4 Å². The number of likely N-dealkylation sites (N-methyl/N-ethyl adjacent to an activating group) is 1. The Morgan fingerprint density at radius 2 is 1.96 bits per heavy atom. The Balaban J connectivity index is 2.11. The van der Waals surface area contributed by atoms with Gasteiger partial charge in [-0.15, -0.1) is 0 Å². The van der Waals surface area contributed by atoms with Gasteiger partial charge in [-0.2, -0.15) is 11.3 Å². The Hall–Kier alpha value is -1.56. The molecular formula is C18H20Cl2N2O2S. The lowest BCUT2D eigenvalue weighted by atomic mass is 10.0. The van der Waals surface area contributed by atoms with Gasteiger partial charge in [0.15, 0.2) is 0 Å². The first-order valence-electron chi connectivity index (χ1n) is 7.81. The molecule has 0 aliphatic heterocycles. The second-order valence-electron chi connectivity index (χ2n) is 6.15. The molecule has 2 amide bonds. The molecule has 134 valence electrons. The number of hydrogen-bond donors (Lipinski definition) is 1. The van der Waals surface area contributed by atoms with Crippen molar-refractivity contribution in [2.24, 2.45) is 5.92 Å². The molecule has 1 N–H and O–H groups in total. The van der Waals surface area contributed by atoms with Crippen LogP contribution in [0.1, 0.15) is 29.8 Å². The highest BCUT2D eigenvalue weighted by atomic mass is 35.5. The van der Waals surface area contributed by atoms with Crippen LogP contribution in [0.4, 0.5) is 0 Å².